The molecule has 0 aliphatic rings. The predicted octanol–water partition coefficient (Wildman–Crippen LogP) is -0.476. The highest BCUT2D eigenvalue weighted by Crippen LogP contribution is 2.12. The van der Waals surface area contributed by atoms with Gasteiger partial charge < -0.3 is 21.1 Å². The molecule has 6 nitrogen and oxygen atoms in total. The van der Waals surface area contributed by atoms with Crippen molar-refractivity contribution in [3.05, 3.63) is 29.8 Å². The Hall–Kier alpha value is -1.92. The van der Waals surface area contributed by atoms with Gasteiger partial charge in [0.2, 0.25) is 0 Å². The number of aliphatic hydroxyl groups excluding tert-OH is 1. The van der Waals surface area contributed by atoms with E-state index < -0.39 is 30.3 Å². The fourth-order valence-corrected chi connectivity index (χ4v) is 1.53. The molecule has 2 atom stereocenters. The van der Waals surface area contributed by atoms with Gasteiger partial charge in [0.25, 0.3) is 0 Å². The molecule has 1 aromatic carbocycles. The van der Waals surface area contributed by atoms with Crippen LogP contribution < -0.4 is 5.73 Å². The number of aliphatic carboxylic acids is 1. The molecule has 98 valence electrons. The fraction of sp³-hybridized carbons (Fsp3) is 0.333. The number of aromatic hydroxyl groups is 1. The fourth-order valence-electron chi connectivity index (χ4n) is 1.53. The summed E-state index contributed by atoms with van der Waals surface area (Å²) in [5, 5.41) is 26.6. The Labute approximate surface area is 104 Å². The lowest BCUT2D eigenvalue weighted by Gasteiger charge is -2.14. The van der Waals surface area contributed by atoms with Crippen molar-refractivity contribution >= 4 is 11.8 Å². The van der Waals surface area contributed by atoms with E-state index in [1.807, 2.05) is 0 Å². The third-order valence-corrected chi connectivity index (χ3v) is 2.58. The van der Waals surface area contributed by atoms with Gasteiger partial charge in [0.1, 0.15) is 11.7 Å². The number of phenols is 1. The van der Waals surface area contributed by atoms with E-state index in [9.17, 15) is 9.59 Å². The minimum atomic E-state index is -1.49. The number of carbonyl (C=O) groups excluding carboxylic acids is 1. The zero-order valence-electron chi connectivity index (χ0n) is 9.61. The van der Waals surface area contributed by atoms with Crippen LogP contribution in [0.15, 0.2) is 24.3 Å². The Morgan fingerprint density at radius 1 is 1.22 bits per heavy atom. The van der Waals surface area contributed by atoms with Crippen molar-refractivity contribution in [2.24, 2.45) is 11.7 Å². The normalized spacial score (nSPS) is 13.9. The lowest BCUT2D eigenvalue weighted by molar-refractivity contribution is -0.148. The highest BCUT2D eigenvalue weighted by molar-refractivity contribution is 6.01. The summed E-state index contributed by atoms with van der Waals surface area (Å²) in [5.74, 6) is -3.49. The van der Waals surface area contributed by atoms with Crippen molar-refractivity contribution < 1.29 is 24.9 Å². The largest absolute Gasteiger partial charge is 0.508 e. The molecule has 0 heterocycles. The lowest BCUT2D eigenvalue weighted by atomic mass is 9.94. The van der Waals surface area contributed by atoms with Gasteiger partial charge in [-0.05, 0) is 24.1 Å². The highest BCUT2D eigenvalue weighted by atomic mass is 16.4. The third-order valence-electron chi connectivity index (χ3n) is 2.58. The standard InChI is InChI=1S/C12H15NO5/c13-10(11(16)9(6-14)12(17)18)5-7-1-3-8(15)4-2-7/h1-4,9-10,14-15H,5-6,13H2,(H,17,18)/t9-,10+/m1/s1. The number of carboxylic acids is 1. The minimum absolute atomic E-state index is 0.0948. The van der Waals surface area contributed by atoms with Gasteiger partial charge in [-0.1, -0.05) is 12.1 Å². The number of ketones is 1. The van der Waals surface area contributed by atoms with Crippen molar-refractivity contribution in [3.8, 4) is 5.75 Å². The summed E-state index contributed by atoms with van der Waals surface area (Å²) in [6.45, 7) is -0.766. The zero-order chi connectivity index (χ0) is 13.7. The molecule has 0 amide bonds. The Bertz CT molecular complexity index is 429. The number of aliphatic hydroxyl groups is 1. The molecular formula is C12H15NO5. The van der Waals surface area contributed by atoms with E-state index in [1.54, 1.807) is 12.1 Å². The van der Waals surface area contributed by atoms with E-state index in [0.29, 0.717) is 5.56 Å². The summed E-state index contributed by atoms with van der Waals surface area (Å²) in [6.07, 6.45) is 0.156. The molecule has 0 aliphatic carbocycles. The molecule has 0 spiro atoms. The van der Waals surface area contributed by atoms with Crippen LogP contribution in [0.4, 0.5) is 0 Å². The first-order valence-corrected chi connectivity index (χ1v) is 5.36. The van der Waals surface area contributed by atoms with Crippen molar-refractivity contribution in [1.82, 2.24) is 0 Å². The number of carbonyl (C=O) groups is 2. The van der Waals surface area contributed by atoms with Gasteiger partial charge in [0, 0.05) is 0 Å². The highest BCUT2D eigenvalue weighted by Gasteiger charge is 2.29. The molecule has 1 rings (SSSR count). The van der Waals surface area contributed by atoms with Crippen LogP contribution in [0.5, 0.6) is 5.75 Å². The molecule has 0 saturated heterocycles. The summed E-state index contributed by atoms with van der Waals surface area (Å²) in [5.41, 5.74) is 6.32. The van der Waals surface area contributed by atoms with E-state index in [2.05, 4.69) is 0 Å². The smallest absolute Gasteiger partial charge is 0.316 e. The molecule has 0 bridgehead atoms. The van der Waals surface area contributed by atoms with E-state index >= 15 is 0 Å². The first kappa shape index (κ1) is 14.1. The third kappa shape index (κ3) is 3.54. The Morgan fingerprint density at radius 2 is 1.78 bits per heavy atom. The number of hydrogen-bond donors (Lipinski definition) is 4. The van der Waals surface area contributed by atoms with Crippen molar-refractivity contribution in [1.29, 1.82) is 0 Å². The Balaban J connectivity index is 2.70. The number of phenolic OH excluding ortho intramolecular Hbond substituents is 1. The molecule has 0 radical (unpaired) electrons. The summed E-state index contributed by atoms with van der Waals surface area (Å²) in [7, 11) is 0. The van der Waals surface area contributed by atoms with Gasteiger partial charge in [-0.3, -0.25) is 9.59 Å². The maximum Gasteiger partial charge on any atom is 0.316 e. The predicted molar refractivity (Wildman–Crippen MR) is 63.0 cm³/mol. The van der Waals surface area contributed by atoms with E-state index in [0.717, 1.165) is 0 Å². The first-order chi connectivity index (χ1) is 8.45. The van der Waals surface area contributed by atoms with Crippen molar-refractivity contribution in [3.63, 3.8) is 0 Å². The van der Waals surface area contributed by atoms with E-state index in [-0.39, 0.29) is 12.2 Å². The van der Waals surface area contributed by atoms with Crippen LogP contribution in [-0.4, -0.2) is 39.7 Å². The molecule has 0 saturated carbocycles. The molecule has 0 unspecified atom stereocenters. The second-order valence-corrected chi connectivity index (χ2v) is 3.95. The maximum atomic E-state index is 11.7. The first-order valence-electron chi connectivity index (χ1n) is 5.36. The average Bonchev–Trinajstić information content (AvgIpc) is 2.32. The van der Waals surface area contributed by atoms with Crippen molar-refractivity contribution in [2.75, 3.05) is 6.61 Å². The summed E-state index contributed by atoms with van der Waals surface area (Å²) in [4.78, 5) is 22.4. The average molecular weight is 253 g/mol. The van der Waals surface area contributed by atoms with Crippen LogP contribution in [-0.2, 0) is 16.0 Å². The molecule has 1 aromatic rings. The molecule has 0 fully saturated rings. The van der Waals surface area contributed by atoms with Crippen LogP contribution in [0, 0.1) is 5.92 Å². The van der Waals surface area contributed by atoms with Crippen molar-refractivity contribution in [2.45, 2.75) is 12.5 Å². The summed E-state index contributed by atoms with van der Waals surface area (Å²) >= 11 is 0. The van der Waals surface area contributed by atoms with Gasteiger partial charge >= 0.3 is 5.97 Å². The van der Waals surface area contributed by atoms with Gasteiger partial charge in [-0.25, -0.2) is 0 Å². The quantitative estimate of drug-likeness (QED) is 0.508. The topological polar surface area (TPSA) is 121 Å². The molecule has 0 aromatic heterocycles. The van der Waals surface area contributed by atoms with Crippen LogP contribution in [0.3, 0.4) is 0 Å². The molecular weight excluding hydrogens is 238 g/mol. The second-order valence-electron chi connectivity index (χ2n) is 3.95. The monoisotopic (exact) mass is 253 g/mol. The second kappa shape index (κ2) is 6.13. The summed E-state index contributed by atoms with van der Waals surface area (Å²) < 4.78 is 0. The number of benzene rings is 1. The molecule has 18 heavy (non-hydrogen) atoms. The van der Waals surface area contributed by atoms with Gasteiger partial charge in [-0.2, -0.15) is 0 Å². The van der Waals surface area contributed by atoms with E-state index in [4.69, 9.17) is 21.1 Å². The van der Waals surface area contributed by atoms with Crippen LogP contribution in [0.2, 0.25) is 0 Å². The Morgan fingerprint density at radius 3 is 2.22 bits per heavy atom. The van der Waals surface area contributed by atoms with Gasteiger partial charge in [-0.15, -0.1) is 0 Å². The Kier molecular flexibility index (Phi) is 4.82. The van der Waals surface area contributed by atoms with Gasteiger partial charge in [0.05, 0.1) is 12.6 Å². The van der Waals surface area contributed by atoms with Crippen LogP contribution in [0.25, 0.3) is 0 Å². The number of rotatable bonds is 6. The SMILES string of the molecule is N[C@@H](Cc1ccc(O)cc1)C(=O)[C@@H](CO)C(=O)O. The molecule has 6 heteroatoms. The number of carboxylic acid groups (broad SMARTS) is 1. The number of Topliss-reactive ketones (excluding diaryl/α,β-unsaturated/α-hetero) is 1. The van der Waals surface area contributed by atoms with Crippen LogP contribution >= 0.6 is 0 Å². The lowest BCUT2D eigenvalue weighted by Crippen LogP contribution is -2.41. The van der Waals surface area contributed by atoms with Crippen LogP contribution in [0.1, 0.15) is 5.56 Å². The maximum absolute atomic E-state index is 11.7. The van der Waals surface area contributed by atoms with Gasteiger partial charge in [0.15, 0.2) is 5.78 Å². The minimum Gasteiger partial charge on any atom is -0.508 e. The number of hydrogen-bond acceptors (Lipinski definition) is 5. The number of nitrogens with two attached hydrogens (primary N) is 1. The molecule has 0 aliphatic heterocycles. The summed E-state index contributed by atoms with van der Waals surface area (Å²) in [6, 6.07) is 5.09. The molecule has 5 N–H and O–H groups in total. The zero-order valence-corrected chi connectivity index (χ0v) is 9.61. The van der Waals surface area contributed by atoms with E-state index in [1.165, 1.54) is 12.1 Å².